The summed E-state index contributed by atoms with van der Waals surface area (Å²) in [6.07, 6.45) is 8.93. The molecule has 0 unspecified atom stereocenters. The number of hydrogen-bond acceptors (Lipinski definition) is 9. The third-order valence-corrected chi connectivity index (χ3v) is 6.77. The standard InChI is InChI=1S/C29H37N7O2/c1-2-37-26-20-24(14-15-25(26)38-22-23-12-6-3-7-13-23)21-30-34-27-31-28(35-16-8-4-9-17-35)33-29(32-27)36-18-10-5-11-19-36/h3,6-7,12-15,20-21H,2,4-5,8-11,16-19,22H2,1H3,(H,31,32,33,34). The Morgan fingerprint density at radius 3 is 2.08 bits per heavy atom. The van der Waals surface area contributed by atoms with Gasteiger partial charge in [0, 0.05) is 26.2 Å². The molecule has 5 rings (SSSR count). The Morgan fingerprint density at radius 2 is 1.45 bits per heavy atom. The van der Waals surface area contributed by atoms with E-state index >= 15 is 0 Å². The van der Waals surface area contributed by atoms with Crippen LogP contribution in [0.4, 0.5) is 17.8 Å². The number of anilines is 3. The number of ether oxygens (including phenoxy) is 2. The Balaban J connectivity index is 1.30. The maximum Gasteiger partial charge on any atom is 0.250 e. The fourth-order valence-electron chi connectivity index (χ4n) is 4.77. The van der Waals surface area contributed by atoms with E-state index in [0.29, 0.717) is 30.7 Å². The molecule has 9 heteroatoms. The molecule has 1 aromatic heterocycles. The van der Waals surface area contributed by atoms with Gasteiger partial charge in [-0.2, -0.15) is 20.1 Å². The topological polar surface area (TPSA) is 88.0 Å². The van der Waals surface area contributed by atoms with E-state index in [2.05, 4.69) is 20.3 Å². The van der Waals surface area contributed by atoms with Crippen molar-refractivity contribution in [1.29, 1.82) is 0 Å². The summed E-state index contributed by atoms with van der Waals surface area (Å²) in [5.41, 5.74) is 5.04. The molecule has 0 atom stereocenters. The average Bonchev–Trinajstić information content (AvgIpc) is 2.98. The van der Waals surface area contributed by atoms with Gasteiger partial charge < -0.3 is 19.3 Å². The molecular weight excluding hydrogens is 478 g/mol. The first-order valence-corrected chi connectivity index (χ1v) is 13.8. The van der Waals surface area contributed by atoms with Crippen LogP contribution in [0.15, 0.2) is 53.6 Å². The molecule has 0 radical (unpaired) electrons. The van der Waals surface area contributed by atoms with E-state index in [9.17, 15) is 0 Å². The van der Waals surface area contributed by atoms with E-state index in [4.69, 9.17) is 24.4 Å². The van der Waals surface area contributed by atoms with Crippen LogP contribution in [0.3, 0.4) is 0 Å². The summed E-state index contributed by atoms with van der Waals surface area (Å²) in [6, 6.07) is 15.9. The van der Waals surface area contributed by atoms with Gasteiger partial charge in [0.05, 0.1) is 12.8 Å². The van der Waals surface area contributed by atoms with Crippen molar-refractivity contribution in [3.05, 3.63) is 59.7 Å². The molecule has 2 aliphatic rings. The zero-order valence-corrected chi connectivity index (χ0v) is 22.2. The first-order chi connectivity index (χ1) is 18.8. The lowest BCUT2D eigenvalue weighted by Gasteiger charge is -2.30. The molecule has 3 aromatic rings. The highest BCUT2D eigenvalue weighted by molar-refractivity contribution is 5.81. The molecule has 0 aliphatic carbocycles. The normalized spacial score (nSPS) is 16.0. The highest BCUT2D eigenvalue weighted by Gasteiger charge is 2.20. The van der Waals surface area contributed by atoms with E-state index in [1.165, 1.54) is 38.5 Å². The molecule has 0 spiro atoms. The maximum absolute atomic E-state index is 6.02. The predicted octanol–water partition coefficient (Wildman–Crippen LogP) is 5.28. The minimum atomic E-state index is 0.463. The van der Waals surface area contributed by atoms with Gasteiger partial charge in [0.1, 0.15) is 6.61 Å². The Morgan fingerprint density at radius 1 is 0.789 bits per heavy atom. The molecule has 1 N–H and O–H groups in total. The first-order valence-electron chi connectivity index (χ1n) is 13.8. The minimum absolute atomic E-state index is 0.463. The largest absolute Gasteiger partial charge is 0.490 e. The summed E-state index contributed by atoms with van der Waals surface area (Å²) in [7, 11) is 0. The van der Waals surface area contributed by atoms with Gasteiger partial charge >= 0.3 is 0 Å². The number of hydrazone groups is 1. The van der Waals surface area contributed by atoms with Crippen LogP contribution < -0.4 is 24.7 Å². The minimum Gasteiger partial charge on any atom is -0.490 e. The van der Waals surface area contributed by atoms with Gasteiger partial charge in [-0.15, -0.1) is 0 Å². The Labute approximate surface area is 224 Å². The highest BCUT2D eigenvalue weighted by atomic mass is 16.5. The molecule has 9 nitrogen and oxygen atoms in total. The molecule has 2 aliphatic heterocycles. The van der Waals surface area contributed by atoms with Gasteiger partial charge in [-0.1, -0.05) is 30.3 Å². The molecule has 200 valence electrons. The lowest BCUT2D eigenvalue weighted by Crippen LogP contribution is -2.34. The summed E-state index contributed by atoms with van der Waals surface area (Å²) in [6.45, 7) is 6.90. The van der Waals surface area contributed by atoms with Crippen molar-refractivity contribution in [3.8, 4) is 11.5 Å². The average molecular weight is 516 g/mol. The molecule has 2 fully saturated rings. The van der Waals surface area contributed by atoms with Crippen LogP contribution in [0.2, 0.25) is 0 Å². The van der Waals surface area contributed by atoms with Gasteiger partial charge in [0.15, 0.2) is 11.5 Å². The SMILES string of the molecule is CCOc1cc(C=NNc2nc(N3CCCCC3)nc(N3CCCCC3)n2)ccc1OCc1ccccc1. The molecule has 2 aromatic carbocycles. The van der Waals surface area contributed by atoms with Crippen molar-refractivity contribution in [1.82, 2.24) is 15.0 Å². The Bertz CT molecular complexity index is 1160. The molecule has 2 saturated heterocycles. The molecule has 0 amide bonds. The monoisotopic (exact) mass is 515 g/mol. The number of nitrogens with one attached hydrogen (secondary N) is 1. The second kappa shape index (κ2) is 13.1. The van der Waals surface area contributed by atoms with Crippen LogP contribution in [-0.2, 0) is 6.61 Å². The van der Waals surface area contributed by atoms with E-state index in [1.54, 1.807) is 6.21 Å². The summed E-state index contributed by atoms with van der Waals surface area (Å²) in [4.78, 5) is 18.8. The summed E-state index contributed by atoms with van der Waals surface area (Å²) >= 11 is 0. The van der Waals surface area contributed by atoms with Gasteiger partial charge in [-0.25, -0.2) is 5.43 Å². The number of piperidine rings is 2. The van der Waals surface area contributed by atoms with Crippen molar-refractivity contribution in [3.63, 3.8) is 0 Å². The van der Waals surface area contributed by atoms with E-state index in [0.717, 1.165) is 49.2 Å². The molecule has 0 saturated carbocycles. The lowest BCUT2D eigenvalue weighted by molar-refractivity contribution is 0.269. The Hall–Kier alpha value is -3.88. The predicted molar refractivity (Wildman–Crippen MR) is 152 cm³/mol. The number of benzene rings is 2. The van der Waals surface area contributed by atoms with Gasteiger partial charge in [0.25, 0.3) is 0 Å². The third kappa shape index (κ3) is 6.90. The lowest BCUT2D eigenvalue weighted by atomic mass is 10.1. The van der Waals surface area contributed by atoms with Crippen molar-refractivity contribution in [2.24, 2.45) is 5.10 Å². The summed E-state index contributed by atoms with van der Waals surface area (Å²) < 4.78 is 11.9. The molecule has 0 bridgehead atoms. The van der Waals surface area contributed by atoms with Crippen molar-refractivity contribution < 1.29 is 9.47 Å². The molecule has 38 heavy (non-hydrogen) atoms. The van der Waals surface area contributed by atoms with E-state index in [-0.39, 0.29) is 0 Å². The van der Waals surface area contributed by atoms with Crippen LogP contribution in [0.5, 0.6) is 11.5 Å². The third-order valence-electron chi connectivity index (χ3n) is 6.77. The zero-order valence-electron chi connectivity index (χ0n) is 22.2. The second-order valence-corrected chi connectivity index (χ2v) is 9.64. The smallest absolute Gasteiger partial charge is 0.250 e. The summed E-state index contributed by atoms with van der Waals surface area (Å²) in [5, 5.41) is 4.45. The van der Waals surface area contributed by atoms with Gasteiger partial charge in [-0.05, 0) is 74.8 Å². The van der Waals surface area contributed by atoms with E-state index in [1.807, 2.05) is 55.5 Å². The van der Waals surface area contributed by atoms with Gasteiger partial charge in [0.2, 0.25) is 17.8 Å². The summed E-state index contributed by atoms with van der Waals surface area (Å²) in [5.74, 6) is 3.32. The number of nitrogens with zero attached hydrogens (tertiary/aromatic N) is 6. The fraction of sp³-hybridized carbons (Fsp3) is 0.448. The van der Waals surface area contributed by atoms with Crippen molar-refractivity contribution >= 4 is 24.1 Å². The van der Waals surface area contributed by atoms with Crippen LogP contribution >= 0.6 is 0 Å². The highest BCUT2D eigenvalue weighted by Crippen LogP contribution is 2.29. The van der Waals surface area contributed by atoms with Crippen LogP contribution in [-0.4, -0.2) is 54.0 Å². The zero-order chi connectivity index (χ0) is 26.0. The van der Waals surface area contributed by atoms with Crippen LogP contribution in [0.1, 0.15) is 56.6 Å². The van der Waals surface area contributed by atoms with E-state index < -0.39 is 0 Å². The fourth-order valence-corrected chi connectivity index (χ4v) is 4.77. The van der Waals surface area contributed by atoms with Crippen molar-refractivity contribution in [2.75, 3.05) is 48.0 Å². The quantitative estimate of drug-likeness (QED) is 0.288. The van der Waals surface area contributed by atoms with Crippen molar-refractivity contribution in [2.45, 2.75) is 52.1 Å². The van der Waals surface area contributed by atoms with Crippen LogP contribution in [0, 0.1) is 0 Å². The first kappa shape index (κ1) is 25.8. The molecule has 3 heterocycles. The van der Waals surface area contributed by atoms with Gasteiger partial charge in [-0.3, -0.25) is 0 Å². The maximum atomic E-state index is 6.02. The second-order valence-electron chi connectivity index (χ2n) is 9.64. The van der Waals surface area contributed by atoms with Crippen LogP contribution in [0.25, 0.3) is 0 Å². The number of hydrogen-bond donors (Lipinski definition) is 1. The molecular formula is C29H37N7O2. The Kier molecular flexibility index (Phi) is 8.86. The number of aromatic nitrogens is 3. The number of rotatable bonds is 10.